The number of ether oxygens (including phenoxy) is 3. The highest BCUT2D eigenvalue weighted by molar-refractivity contribution is 5.90. The Morgan fingerprint density at radius 3 is 1.79 bits per heavy atom. The third-order valence-corrected chi connectivity index (χ3v) is 5.57. The maximum Gasteiger partial charge on any atom is 0.338 e. The Kier molecular flexibility index (Phi) is 9.18. The van der Waals surface area contributed by atoms with Gasteiger partial charge in [-0.25, -0.2) is 14.4 Å². The first-order valence-electron chi connectivity index (χ1n) is 12.1. The SMILES string of the molecule is O=C(/C=C/c1ccccc1)O[C@@H]1C(COC(=O)c2ccccc2)=CC=C[C@H]1OC(=O)/C=C/c1ccccc1. The van der Waals surface area contributed by atoms with E-state index in [-0.39, 0.29) is 6.61 Å². The molecule has 0 heterocycles. The molecular formula is C32H26O6. The maximum absolute atomic E-state index is 12.7. The van der Waals surface area contributed by atoms with Gasteiger partial charge >= 0.3 is 17.9 Å². The van der Waals surface area contributed by atoms with Crippen molar-refractivity contribution < 1.29 is 28.6 Å². The molecule has 0 spiro atoms. The molecule has 0 unspecified atom stereocenters. The molecule has 0 radical (unpaired) electrons. The van der Waals surface area contributed by atoms with Crippen LogP contribution in [0.15, 0.2) is 127 Å². The second-order valence-electron chi connectivity index (χ2n) is 8.32. The molecule has 6 nitrogen and oxygen atoms in total. The molecule has 4 rings (SSSR count). The fraction of sp³-hybridized carbons (Fsp3) is 0.0938. The summed E-state index contributed by atoms with van der Waals surface area (Å²) in [6.45, 7) is -0.147. The van der Waals surface area contributed by atoms with Gasteiger partial charge in [0, 0.05) is 17.7 Å². The van der Waals surface area contributed by atoms with Gasteiger partial charge < -0.3 is 14.2 Å². The van der Waals surface area contributed by atoms with Crippen LogP contribution in [0.3, 0.4) is 0 Å². The number of hydrogen-bond donors (Lipinski definition) is 0. The van der Waals surface area contributed by atoms with Crippen molar-refractivity contribution in [3.05, 3.63) is 144 Å². The summed E-state index contributed by atoms with van der Waals surface area (Å²) in [6, 6.07) is 27.2. The molecule has 6 heteroatoms. The number of allylic oxidation sites excluding steroid dienone is 2. The van der Waals surface area contributed by atoms with Crippen LogP contribution in [0.4, 0.5) is 0 Å². The number of hydrogen-bond acceptors (Lipinski definition) is 6. The number of esters is 3. The second-order valence-corrected chi connectivity index (χ2v) is 8.32. The molecule has 3 aromatic carbocycles. The molecule has 1 aliphatic rings. The average Bonchev–Trinajstić information content (AvgIpc) is 2.96. The molecule has 0 aliphatic heterocycles. The quantitative estimate of drug-likeness (QED) is 0.214. The van der Waals surface area contributed by atoms with Crippen LogP contribution in [0.25, 0.3) is 12.2 Å². The van der Waals surface area contributed by atoms with Gasteiger partial charge in [0.2, 0.25) is 0 Å². The lowest BCUT2D eigenvalue weighted by molar-refractivity contribution is -0.155. The van der Waals surface area contributed by atoms with Crippen LogP contribution >= 0.6 is 0 Å². The lowest BCUT2D eigenvalue weighted by atomic mass is 9.99. The van der Waals surface area contributed by atoms with E-state index in [0.717, 1.165) is 11.1 Å². The van der Waals surface area contributed by atoms with Crippen molar-refractivity contribution >= 4 is 30.1 Å². The number of carbonyl (C=O) groups is 3. The van der Waals surface area contributed by atoms with E-state index in [2.05, 4.69) is 0 Å². The van der Waals surface area contributed by atoms with E-state index < -0.39 is 30.1 Å². The zero-order valence-corrected chi connectivity index (χ0v) is 20.5. The Morgan fingerprint density at radius 2 is 1.21 bits per heavy atom. The predicted octanol–water partition coefficient (Wildman–Crippen LogP) is 5.59. The first-order chi connectivity index (χ1) is 18.6. The molecule has 3 aromatic rings. The van der Waals surface area contributed by atoms with Crippen LogP contribution in [-0.4, -0.2) is 36.7 Å². The summed E-state index contributed by atoms with van der Waals surface area (Å²) in [5.41, 5.74) is 2.54. The minimum atomic E-state index is -0.981. The maximum atomic E-state index is 12.7. The highest BCUT2D eigenvalue weighted by atomic mass is 16.6. The monoisotopic (exact) mass is 506 g/mol. The van der Waals surface area contributed by atoms with Crippen LogP contribution in [0.5, 0.6) is 0 Å². The molecular weight excluding hydrogens is 480 g/mol. The molecule has 0 bridgehead atoms. The fourth-order valence-electron chi connectivity index (χ4n) is 3.67. The first kappa shape index (κ1) is 26.1. The predicted molar refractivity (Wildman–Crippen MR) is 145 cm³/mol. The van der Waals surface area contributed by atoms with E-state index in [0.29, 0.717) is 11.1 Å². The van der Waals surface area contributed by atoms with Gasteiger partial charge in [-0.1, -0.05) is 91.0 Å². The van der Waals surface area contributed by atoms with Crippen molar-refractivity contribution in [1.82, 2.24) is 0 Å². The van der Waals surface area contributed by atoms with Gasteiger partial charge in [0.25, 0.3) is 0 Å². The topological polar surface area (TPSA) is 78.9 Å². The van der Waals surface area contributed by atoms with Gasteiger partial charge in [0.1, 0.15) is 6.61 Å². The van der Waals surface area contributed by atoms with Gasteiger partial charge in [-0.3, -0.25) is 0 Å². The Bertz CT molecular complexity index is 1350. The van der Waals surface area contributed by atoms with Crippen molar-refractivity contribution in [1.29, 1.82) is 0 Å². The number of rotatable bonds is 9. The Hall–Kier alpha value is -4.97. The van der Waals surface area contributed by atoms with Crippen LogP contribution in [0.2, 0.25) is 0 Å². The molecule has 0 amide bonds. The third kappa shape index (κ3) is 7.77. The molecule has 0 aromatic heterocycles. The minimum absolute atomic E-state index is 0.147. The zero-order valence-electron chi connectivity index (χ0n) is 20.5. The van der Waals surface area contributed by atoms with E-state index in [1.54, 1.807) is 60.7 Å². The van der Waals surface area contributed by atoms with E-state index in [1.165, 1.54) is 12.2 Å². The summed E-state index contributed by atoms with van der Waals surface area (Å²) < 4.78 is 16.8. The van der Waals surface area contributed by atoms with Crippen molar-refractivity contribution in [2.75, 3.05) is 6.61 Å². The largest absolute Gasteiger partial charge is 0.457 e. The van der Waals surface area contributed by atoms with Crippen molar-refractivity contribution in [3.63, 3.8) is 0 Å². The van der Waals surface area contributed by atoms with E-state index >= 15 is 0 Å². The standard InChI is InChI=1S/C32H26O6/c33-29(21-19-24-11-4-1-5-12-24)37-28-18-10-17-27(23-36-32(35)26-15-8-3-9-16-26)31(28)38-30(34)22-20-25-13-6-2-7-14-25/h1-22,28,31H,23H2/b21-19+,22-20+/t28-,31-/m1/s1. The Balaban J connectivity index is 1.47. The van der Waals surface area contributed by atoms with Crippen molar-refractivity contribution in [2.24, 2.45) is 0 Å². The third-order valence-electron chi connectivity index (χ3n) is 5.57. The highest BCUT2D eigenvalue weighted by Crippen LogP contribution is 2.22. The summed E-state index contributed by atoms with van der Waals surface area (Å²) in [6.07, 6.45) is 8.96. The first-order valence-corrected chi connectivity index (χ1v) is 12.1. The van der Waals surface area contributed by atoms with Crippen molar-refractivity contribution in [2.45, 2.75) is 12.2 Å². The van der Waals surface area contributed by atoms with Crippen LogP contribution < -0.4 is 0 Å². The highest BCUT2D eigenvalue weighted by Gasteiger charge is 2.32. The Labute approximate surface area is 221 Å². The molecule has 0 saturated carbocycles. The summed E-state index contributed by atoms with van der Waals surface area (Å²) in [5.74, 6) is -1.75. The van der Waals surface area contributed by atoms with E-state index in [4.69, 9.17) is 14.2 Å². The molecule has 0 N–H and O–H groups in total. The number of carbonyl (C=O) groups excluding carboxylic acids is 3. The summed E-state index contributed by atoms with van der Waals surface area (Å²) in [7, 11) is 0. The molecule has 1 aliphatic carbocycles. The van der Waals surface area contributed by atoms with Gasteiger partial charge in [-0.15, -0.1) is 0 Å². The molecule has 38 heavy (non-hydrogen) atoms. The van der Waals surface area contributed by atoms with Crippen LogP contribution in [0, 0.1) is 0 Å². The van der Waals surface area contributed by atoms with Crippen molar-refractivity contribution in [3.8, 4) is 0 Å². The van der Waals surface area contributed by atoms with Gasteiger partial charge in [0.15, 0.2) is 12.2 Å². The Morgan fingerprint density at radius 1 is 0.684 bits per heavy atom. The van der Waals surface area contributed by atoms with E-state index in [9.17, 15) is 14.4 Å². The molecule has 190 valence electrons. The zero-order chi connectivity index (χ0) is 26.6. The molecule has 0 saturated heterocycles. The van der Waals surface area contributed by atoms with Gasteiger partial charge in [0.05, 0.1) is 5.56 Å². The van der Waals surface area contributed by atoms with Crippen LogP contribution in [-0.2, 0) is 23.8 Å². The van der Waals surface area contributed by atoms with E-state index in [1.807, 2.05) is 60.7 Å². The lowest BCUT2D eigenvalue weighted by Crippen LogP contribution is -2.37. The average molecular weight is 507 g/mol. The van der Waals surface area contributed by atoms with Gasteiger partial charge in [-0.05, 0) is 41.5 Å². The second kappa shape index (κ2) is 13.4. The number of benzene rings is 3. The van der Waals surface area contributed by atoms with Gasteiger partial charge in [-0.2, -0.15) is 0 Å². The summed E-state index contributed by atoms with van der Waals surface area (Å²) in [4.78, 5) is 37.8. The molecule has 2 atom stereocenters. The lowest BCUT2D eigenvalue weighted by Gasteiger charge is -2.28. The smallest absolute Gasteiger partial charge is 0.338 e. The fourth-order valence-corrected chi connectivity index (χ4v) is 3.67. The summed E-state index contributed by atoms with van der Waals surface area (Å²) >= 11 is 0. The normalized spacial score (nSPS) is 16.7. The summed E-state index contributed by atoms with van der Waals surface area (Å²) in [5, 5.41) is 0. The van der Waals surface area contributed by atoms with Crippen LogP contribution in [0.1, 0.15) is 21.5 Å². The minimum Gasteiger partial charge on any atom is -0.457 e. The molecule has 0 fully saturated rings.